The zero-order valence-corrected chi connectivity index (χ0v) is 12.5. The van der Waals surface area contributed by atoms with Crippen LogP contribution in [0.2, 0.25) is 10.2 Å². The summed E-state index contributed by atoms with van der Waals surface area (Å²) in [5, 5.41) is 0.237. The molecule has 0 aromatic carbocycles. The highest BCUT2D eigenvalue weighted by molar-refractivity contribution is 7.99. The quantitative estimate of drug-likeness (QED) is 0.867. The van der Waals surface area contributed by atoms with Crippen molar-refractivity contribution in [3.8, 4) is 0 Å². The predicted molar refractivity (Wildman–Crippen MR) is 74.9 cm³/mol. The van der Waals surface area contributed by atoms with Crippen molar-refractivity contribution in [3.63, 3.8) is 0 Å². The summed E-state index contributed by atoms with van der Waals surface area (Å²) in [6, 6.07) is 1.29. The first-order valence-electron chi connectivity index (χ1n) is 5.40. The first-order chi connectivity index (χ1) is 8.49. The Labute approximate surface area is 121 Å². The summed E-state index contributed by atoms with van der Waals surface area (Å²) in [5.74, 6) is 1.89. The van der Waals surface area contributed by atoms with Crippen LogP contribution < -0.4 is 4.72 Å². The molecular formula is C10H12Cl2N2O2S2. The molecule has 1 saturated heterocycles. The maximum absolute atomic E-state index is 12.1. The van der Waals surface area contributed by atoms with E-state index in [1.165, 1.54) is 12.3 Å². The molecule has 1 aromatic rings. The number of pyridine rings is 1. The van der Waals surface area contributed by atoms with Crippen molar-refractivity contribution in [3.05, 3.63) is 22.4 Å². The van der Waals surface area contributed by atoms with Crippen molar-refractivity contribution in [2.75, 3.05) is 11.5 Å². The van der Waals surface area contributed by atoms with E-state index >= 15 is 0 Å². The molecule has 0 aliphatic carbocycles. The third-order valence-corrected chi connectivity index (χ3v) is 5.95. The minimum atomic E-state index is -3.57. The van der Waals surface area contributed by atoms with Crippen LogP contribution in [0.1, 0.15) is 12.8 Å². The number of hydrogen-bond acceptors (Lipinski definition) is 4. The van der Waals surface area contributed by atoms with Gasteiger partial charge in [0.25, 0.3) is 0 Å². The molecule has 1 aliphatic rings. The van der Waals surface area contributed by atoms with Gasteiger partial charge in [-0.15, -0.1) is 0 Å². The van der Waals surface area contributed by atoms with Gasteiger partial charge >= 0.3 is 0 Å². The lowest BCUT2D eigenvalue weighted by Crippen LogP contribution is -2.38. The van der Waals surface area contributed by atoms with E-state index in [0.29, 0.717) is 0 Å². The summed E-state index contributed by atoms with van der Waals surface area (Å²) >= 11 is 13.2. The predicted octanol–water partition coefficient (Wildman–Crippen LogP) is 2.56. The summed E-state index contributed by atoms with van der Waals surface area (Å²) in [4.78, 5) is 3.80. The summed E-state index contributed by atoms with van der Waals surface area (Å²) in [6.07, 6.45) is 3.10. The van der Waals surface area contributed by atoms with E-state index in [9.17, 15) is 8.42 Å². The lowest BCUT2D eigenvalue weighted by atomic mass is 10.2. The van der Waals surface area contributed by atoms with Crippen molar-refractivity contribution >= 4 is 45.0 Å². The van der Waals surface area contributed by atoms with E-state index in [1.807, 2.05) is 0 Å². The molecule has 2 heterocycles. The van der Waals surface area contributed by atoms with Gasteiger partial charge in [0.15, 0.2) is 0 Å². The second-order valence-corrected chi connectivity index (χ2v) is 7.61. The minimum absolute atomic E-state index is 0.0248. The molecule has 1 aliphatic heterocycles. The van der Waals surface area contributed by atoms with Crippen LogP contribution in [0.4, 0.5) is 0 Å². The second-order valence-electron chi connectivity index (χ2n) is 3.98. The fourth-order valence-electron chi connectivity index (χ4n) is 1.67. The molecule has 4 nitrogen and oxygen atoms in total. The Bertz CT molecular complexity index is 531. The maximum Gasteiger partial charge on any atom is 0.242 e. The van der Waals surface area contributed by atoms with Crippen LogP contribution in [-0.2, 0) is 10.0 Å². The first-order valence-corrected chi connectivity index (χ1v) is 8.79. The van der Waals surface area contributed by atoms with E-state index in [4.69, 9.17) is 23.2 Å². The van der Waals surface area contributed by atoms with E-state index in [1.54, 1.807) is 11.8 Å². The smallest absolute Gasteiger partial charge is 0.242 e. The van der Waals surface area contributed by atoms with Gasteiger partial charge in [-0.05, 0) is 24.7 Å². The molecule has 8 heteroatoms. The highest BCUT2D eigenvalue weighted by Crippen LogP contribution is 2.23. The van der Waals surface area contributed by atoms with E-state index in [0.717, 1.165) is 24.3 Å². The standard InChI is InChI=1S/C10H12Cl2N2O2S2/c11-9-4-8(5-13-10(9)12)18(15,16)14-7-2-1-3-17-6-7/h4-5,7,14H,1-3,6H2. The Balaban J connectivity index is 2.16. The second kappa shape index (κ2) is 5.96. The maximum atomic E-state index is 12.1. The Morgan fingerprint density at radius 3 is 2.83 bits per heavy atom. The van der Waals surface area contributed by atoms with Gasteiger partial charge in [-0.2, -0.15) is 11.8 Å². The number of nitrogens with zero attached hydrogens (tertiary/aromatic N) is 1. The molecule has 1 unspecified atom stereocenters. The molecule has 18 heavy (non-hydrogen) atoms. The van der Waals surface area contributed by atoms with Gasteiger partial charge in [-0.1, -0.05) is 23.2 Å². The third-order valence-electron chi connectivity index (χ3n) is 2.56. The van der Waals surface area contributed by atoms with Gasteiger partial charge in [0.05, 0.1) is 5.02 Å². The molecule has 1 fully saturated rings. The zero-order valence-electron chi connectivity index (χ0n) is 9.40. The lowest BCUT2D eigenvalue weighted by molar-refractivity contribution is 0.543. The Morgan fingerprint density at radius 1 is 1.44 bits per heavy atom. The van der Waals surface area contributed by atoms with E-state index in [-0.39, 0.29) is 21.1 Å². The molecule has 100 valence electrons. The van der Waals surface area contributed by atoms with Crippen molar-refractivity contribution in [2.24, 2.45) is 0 Å². The van der Waals surface area contributed by atoms with Crippen molar-refractivity contribution in [2.45, 2.75) is 23.8 Å². The molecule has 0 radical (unpaired) electrons. The van der Waals surface area contributed by atoms with Crippen molar-refractivity contribution in [1.82, 2.24) is 9.71 Å². The topological polar surface area (TPSA) is 59.1 Å². The largest absolute Gasteiger partial charge is 0.242 e. The fraction of sp³-hybridized carbons (Fsp3) is 0.500. The number of aromatic nitrogens is 1. The van der Waals surface area contributed by atoms with Gasteiger partial charge in [0.1, 0.15) is 10.0 Å². The SMILES string of the molecule is O=S(=O)(NC1CCCSC1)c1cnc(Cl)c(Cl)c1. The highest BCUT2D eigenvalue weighted by Gasteiger charge is 2.22. The summed E-state index contributed by atoms with van der Waals surface area (Å²) in [7, 11) is -3.57. The summed E-state index contributed by atoms with van der Waals surface area (Å²) in [5.41, 5.74) is 0. The van der Waals surface area contributed by atoms with Crippen molar-refractivity contribution in [1.29, 1.82) is 0 Å². The Kier molecular flexibility index (Phi) is 4.77. The molecule has 1 atom stereocenters. The van der Waals surface area contributed by atoms with Crippen molar-refractivity contribution < 1.29 is 8.42 Å². The van der Waals surface area contributed by atoms with E-state index in [2.05, 4.69) is 9.71 Å². The molecule has 0 bridgehead atoms. The van der Waals surface area contributed by atoms with Crippen LogP contribution in [0.5, 0.6) is 0 Å². The number of sulfonamides is 1. The van der Waals surface area contributed by atoms with Gasteiger partial charge in [0.2, 0.25) is 10.0 Å². The lowest BCUT2D eigenvalue weighted by Gasteiger charge is -2.22. The number of hydrogen-bond donors (Lipinski definition) is 1. The normalized spacial score (nSPS) is 20.9. The number of halogens is 2. The Hall–Kier alpha value is -0.0100. The van der Waals surface area contributed by atoms with Crippen LogP contribution >= 0.6 is 35.0 Å². The Morgan fingerprint density at radius 2 is 2.22 bits per heavy atom. The molecule has 2 rings (SSSR count). The molecule has 0 amide bonds. The third kappa shape index (κ3) is 3.51. The molecule has 0 saturated carbocycles. The van der Waals surface area contributed by atoms with Crippen LogP contribution in [0, 0.1) is 0 Å². The van der Waals surface area contributed by atoms with Crippen LogP contribution in [0.15, 0.2) is 17.2 Å². The average Bonchev–Trinajstić information content (AvgIpc) is 2.33. The first kappa shape index (κ1) is 14.4. The van der Waals surface area contributed by atoms with Crippen LogP contribution in [0.3, 0.4) is 0 Å². The fourth-order valence-corrected chi connectivity index (χ4v) is 4.42. The highest BCUT2D eigenvalue weighted by atomic mass is 35.5. The van der Waals surface area contributed by atoms with Crippen LogP contribution in [0.25, 0.3) is 0 Å². The van der Waals surface area contributed by atoms with Gasteiger partial charge in [0, 0.05) is 18.0 Å². The van der Waals surface area contributed by atoms with Gasteiger partial charge < -0.3 is 0 Å². The monoisotopic (exact) mass is 326 g/mol. The zero-order chi connectivity index (χ0) is 13.2. The number of thioether (sulfide) groups is 1. The molecule has 1 N–H and O–H groups in total. The van der Waals surface area contributed by atoms with Crippen LogP contribution in [-0.4, -0.2) is 30.9 Å². The number of nitrogens with one attached hydrogen (secondary N) is 1. The average molecular weight is 327 g/mol. The molecule has 0 spiro atoms. The number of rotatable bonds is 3. The molecule has 1 aromatic heterocycles. The van der Waals surface area contributed by atoms with Gasteiger partial charge in [-0.3, -0.25) is 0 Å². The summed E-state index contributed by atoms with van der Waals surface area (Å²) in [6.45, 7) is 0. The molecular weight excluding hydrogens is 315 g/mol. The minimum Gasteiger partial charge on any atom is -0.242 e. The van der Waals surface area contributed by atoms with Gasteiger partial charge in [-0.25, -0.2) is 18.1 Å². The summed E-state index contributed by atoms with van der Waals surface area (Å²) < 4.78 is 26.9. The van der Waals surface area contributed by atoms with E-state index < -0.39 is 10.0 Å².